The van der Waals surface area contributed by atoms with Gasteiger partial charge in [-0.3, -0.25) is 4.79 Å². The van der Waals surface area contributed by atoms with Gasteiger partial charge in [-0.15, -0.1) is 0 Å². The van der Waals surface area contributed by atoms with Crippen LogP contribution in [-0.2, 0) is 11.3 Å². The first-order valence-electron chi connectivity index (χ1n) is 8.64. The standard InChI is InChI=1S/C18H32N3O/c1-15(2)21(16(3)4)18(22)11-9-7-6-8-10-13-20-14-12-19-17(20)5/h14-16H,6-11,13H2,1-5H3. The Morgan fingerprint density at radius 2 is 1.73 bits per heavy atom. The first-order valence-corrected chi connectivity index (χ1v) is 8.64. The molecule has 0 N–H and O–H groups in total. The summed E-state index contributed by atoms with van der Waals surface area (Å²) in [5, 5.41) is 0. The van der Waals surface area contributed by atoms with E-state index in [1.54, 1.807) is 0 Å². The predicted octanol–water partition coefficient (Wildman–Crippen LogP) is 3.98. The van der Waals surface area contributed by atoms with Crippen molar-refractivity contribution in [3.05, 3.63) is 18.2 Å². The maximum Gasteiger partial charge on any atom is 0.223 e. The fourth-order valence-electron chi connectivity index (χ4n) is 2.97. The molecule has 1 aromatic rings. The van der Waals surface area contributed by atoms with Gasteiger partial charge in [0, 0.05) is 31.2 Å². The Hall–Kier alpha value is -1.32. The van der Waals surface area contributed by atoms with Crippen molar-refractivity contribution in [3.63, 3.8) is 0 Å². The molecule has 0 bridgehead atoms. The number of carbonyl (C=O) groups is 1. The summed E-state index contributed by atoms with van der Waals surface area (Å²) in [7, 11) is 0. The highest BCUT2D eigenvalue weighted by Crippen LogP contribution is 2.12. The lowest BCUT2D eigenvalue weighted by molar-refractivity contribution is -0.134. The molecule has 0 aromatic carbocycles. The molecule has 1 aromatic heterocycles. The fraction of sp³-hybridized carbons (Fsp3) is 0.778. The maximum absolute atomic E-state index is 12.2. The van der Waals surface area contributed by atoms with Gasteiger partial charge in [0.05, 0.1) is 0 Å². The summed E-state index contributed by atoms with van der Waals surface area (Å²) in [6.07, 6.45) is 11.2. The minimum atomic E-state index is 0.294. The molecule has 0 unspecified atom stereocenters. The van der Waals surface area contributed by atoms with Crippen LogP contribution in [-0.4, -0.2) is 32.4 Å². The van der Waals surface area contributed by atoms with E-state index in [4.69, 9.17) is 0 Å². The van der Waals surface area contributed by atoms with E-state index < -0.39 is 0 Å². The number of hydrogen-bond acceptors (Lipinski definition) is 2. The van der Waals surface area contributed by atoms with Crippen molar-refractivity contribution in [1.82, 2.24) is 14.5 Å². The van der Waals surface area contributed by atoms with Gasteiger partial charge >= 0.3 is 0 Å². The van der Waals surface area contributed by atoms with Gasteiger partial charge in [0.1, 0.15) is 12.0 Å². The monoisotopic (exact) mass is 306 g/mol. The smallest absolute Gasteiger partial charge is 0.223 e. The number of aryl methyl sites for hydroxylation is 2. The highest BCUT2D eigenvalue weighted by atomic mass is 16.2. The Morgan fingerprint density at radius 3 is 2.27 bits per heavy atom. The summed E-state index contributed by atoms with van der Waals surface area (Å²) in [6.45, 7) is 11.4. The minimum Gasteiger partial charge on any atom is -0.338 e. The lowest BCUT2D eigenvalue weighted by atomic mass is 10.1. The zero-order chi connectivity index (χ0) is 16.5. The molecule has 0 aliphatic rings. The molecule has 4 nitrogen and oxygen atoms in total. The van der Waals surface area contributed by atoms with Gasteiger partial charge in [-0.25, -0.2) is 4.98 Å². The highest BCUT2D eigenvalue weighted by Gasteiger charge is 2.18. The summed E-state index contributed by atoms with van der Waals surface area (Å²) < 4.78 is 2.15. The van der Waals surface area contributed by atoms with Gasteiger partial charge in [0.15, 0.2) is 0 Å². The molecule has 0 aliphatic heterocycles. The van der Waals surface area contributed by atoms with E-state index in [-0.39, 0.29) is 0 Å². The molecule has 0 saturated heterocycles. The molecule has 1 radical (unpaired) electrons. The van der Waals surface area contributed by atoms with Crippen LogP contribution in [0.3, 0.4) is 0 Å². The zero-order valence-corrected chi connectivity index (χ0v) is 14.9. The molecule has 1 rings (SSSR count). The van der Waals surface area contributed by atoms with Crippen molar-refractivity contribution < 1.29 is 4.79 Å². The molecule has 0 fully saturated rings. The van der Waals surface area contributed by atoms with Crippen molar-refractivity contribution in [3.8, 4) is 0 Å². The fourth-order valence-corrected chi connectivity index (χ4v) is 2.97. The van der Waals surface area contributed by atoms with E-state index in [0.717, 1.165) is 25.2 Å². The van der Waals surface area contributed by atoms with E-state index in [9.17, 15) is 4.79 Å². The normalized spacial score (nSPS) is 11.4. The molecule has 0 aliphatic carbocycles. The van der Waals surface area contributed by atoms with Crippen LogP contribution in [0.4, 0.5) is 0 Å². The number of nitrogens with zero attached hydrogens (tertiary/aromatic N) is 3. The molecule has 1 amide bonds. The van der Waals surface area contributed by atoms with Crippen LogP contribution in [0.2, 0.25) is 0 Å². The van der Waals surface area contributed by atoms with Gasteiger partial charge in [-0.2, -0.15) is 0 Å². The molecule has 4 heteroatoms. The van der Waals surface area contributed by atoms with Crippen molar-refractivity contribution in [1.29, 1.82) is 0 Å². The first-order chi connectivity index (χ1) is 10.4. The van der Waals surface area contributed by atoms with Gasteiger partial charge in [-0.05, 0) is 47.5 Å². The van der Waals surface area contributed by atoms with Crippen molar-refractivity contribution in [2.45, 2.75) is 91.8 Å². The van der Waals surface area contributed by atoms with Crippen LogP contribution >= 0.6 is 0 Å². The van der Waals surface area contributed by atoms with Crippen molar-refractivity contribution in [2.75, 3.05) is 0 Å². The summed E-state index contributed by atoms with van der Waals surface area (Å²) >= 11 is 0. The lowest BCUT2D eigenvalue weighted by Gasteiger charge is -2.30. The van der Waals surface area contributed by atoms with Crippen LogP contribution in [0.1, 0.15) is 72.0 Å². The number of rotatable bonds is 10. The van der Waals surface area contributed by atoms with Crippen molar-refractivity contribution in [2.24, 2.45) is 0 Å². The summed E-state index contributed by atoms with van der Waals surface area (Å²) in [6, 6.07) is 0.588. The third kappa shape index (κ3) is 6.20. The van der Waals surface area contributed by atoms with E-state index in [1.165, 1.54) is 19.3 Å². The summed E-state index contributed by atoms with van der Waals surface area (Å²) in [5.41, 5.74) is 0. The SMILES string of the molecule is Cc1n[c]cn1CCCCCCCC(=O)N(C(C)C)C(C)C. The van der Waals surface area contributed by atoms with E-state index in [1.807, 2.05) is 18.0 Å². The number of aromatic nitrogens is 2. The number of amides is 1. The average molecular weight is 306 g/mol. The van der Waals surface area contributed by atoms with E-state index in [0.29, 0.717) is 24.4 Å². The van der Waals surface area contributed by atoms with Gasteiger partial charge in [0.2, 0.25) is 5.91 Å². The van der Waals surface area contributed by atoms with Crippen LogP contribution in [0.25, 0.3) is 0 Å². The van der Waals surface area contributed by atoms with E-state index in [2.05, 4.69) is 43.4 Å². The third-order valence-corrected chi connectivity index (χ3v) is 4.05. The Labute approximate surface area is 135 Å². The Morgan fingerprint density at radius 1 is 1.14 bits per heavy atom. The largest absolute Gasteiger partial charge is 0.338 e. The molecule has 0 atom stereocenters. The predicted molar refractivity (Wildman–Crippen MR) is 90.6 cm³/mol. The van der Waals surface area contributed by atoms with Gasteiger partial charge < -0.3 is 9.47 Å². The first kappa shape index (κ1) is 18.7. The second kappa shape index (κ2) is 9.65. The average Bonchev–Trinajstić information content (AvgIpc) is 2.82. The topological polar surface area (TPSA) is 38.1 Å². The summed E-state index contributed by atoms with van der Waals surface area (Å²) in [4.78, 5) is 18.3. The number of imidazole rings is 1. The Balaban J connectivity index is 2.10. The second-order valence-corrected chi connectivity index (χ2v) is 6.62. The zero-order valence-electron chi connectivity index (χ0n) is 14.9. The van der Waals surface area contributed by atoms with Gasteiger partial charge in [0.25, 0.3) is 0 Å². The summed E-state index contributed by atoms with van der Waals surface area (Å²) in [5.74, 6) is 1.34. The maximum atomic E-state index is 12.2. The van der Waals surface area contributed by atoms with Crippen LogP contribution in [0, 0.1) is 13.1 Å². The van der Waals surface area contributed by atoms with Gasteiger partial charge in [-0.1, -0.05) is 19.3 Å². The van der Waals surface area contributed by atoms with Crippen LogP contribution < -0.4 is 0 Å². The Bertz CT molecular complexity index is 429. The number of carbonyl (C=O) groups excluding carboxylic acids is 1. The molecule has 22 heavy (non-hydrogen) atoms. The minimum absolute atomic E-state index is 0.294. The molecule has 0 saturated carbocycles. The second-order valence-electron chi connectivity index (χ2n) is 6.62. The molecule has 0 spiro atoms. The quantitative estimate of drug-likeness (QED) is 0.613. The number of hydrogen-bond donors (Lipinski definition) is 0. The molecule has 125 valence electrons. The highest BCUT2D eigenvalue weighted by molar-refractivity contribution is 5.76. The molecular weight excluding hydrogens is 274 g/mol. The van der Waals surface area contributed by atoms with E-state index >= 15 is 0 Å². The molecule has 1 heterocycles. The van der Waals surface area contributed by atoms with Crippen molar-refractivity contribution >= 4 is 5.91 Å². The Kier molecular flexibility index (Phi) is 8.21. The number of unbranched alkanes of at least 4 members (excludes halogenated alkanes) is 4. The van der Waals surface area contributed by atoms with Crippen LogP contribution in [0.15, 0.2) is 6.20 Å². The molecular formula is C18H32N3O. The third-order valence-electron chi connectivity index (χ3n) is 4.05. The van der Waals surface area contributed by atoms with Crippen LogP contribution in [0.5, 0.6) is 0 Å². The lowest BCUT2D eigenvalue weighted by Crippen LogP contribution is -2.41.